The summed E-state index contributed by atoms with van der Waals surface area (Å²) >= 11 is 0. The third-order valence-corrected chi connectivity index (χ3v) is 3.20. The summed E-state index contributed by atoms with van der Waals surface area (Å²) in [7, 11) is 0. The summed E-state index contributed by atoms with van der Waals surface area (Å²) in [5.41, 5.74) is 2.60. The second kappa shape index (κ2) is 7.73. The third-order valence-electron chi connectivity index (χ3n) is 3.20. The molecule has 21 heavy (non-hydrogen) atoms. The highest BCUT2D eigenvalue weighted by molar-refractivity contribution is 5.24. The maximum atomic E-state index is 12.2. The minimum Gasteiger partial charge on any atom is -0.316 e. The quantitative estimate of drug-likeness (QED) is 0.785. The first-order valence-corrected chi connectivity index (χ1v) is 7.29. The molecule has 0 aliphatic carbocycles. The van der Waals surface area contributed by atoms with Gasteiger partial charge in [0.05, 0.1) is 6.42 Å². The fraction of sp³-hybridized carbons (Fsp3) is 0.733. The fourth-order valence-electron chi connectivity index (χ4n) is 2.14. The SMILES string of the molecule is Cc1nc(CCC(F)(F)F)nc(C)c1CCNCC(C)C. The van der Waals surface area contributed by atoms with Gasteiger partial charge in [-0.2, -0.15) is 13.2 Å². The molecule has 0 saturated carbocycles. The Morgan fingerprint density at radius 1 is 1.05 bits per heavy atom. The summed E-state index contributed by atoms with van der Waals surface area (Å²) < 4.78 is 36.7. The van der Waals surface area contributed by atoms with E-state index >= 15 is 0 Å². The zero-order valence-corrected chi connectivity index (χ0v) is 13.1. The lowest BCUT2D eigenvalue weighted by Gasteiger charge is -2.13. The van der Waals surface area contributed by atoms with Crippen molar-refractivity contribution in [3.63, 3.8) is 0 Å². The minimum absolute atomic E-state index is 0.156. The molecule has 6 heteroatoms. The molecule has 0 aliphatic rings. The third kappa shape index (κ3) is 6.89. The van der Waals surface area contributed by atoms with E-state index < -0.39 is 12.6 Å². The number of halogens is 3. The van der Waals surface area contributed by atoms with Gasteiger partial charge in [-0.05, 0) is 44.8 Å². The first kappa shape index (κ1) is 17.9. The van der Waals surface area contributed by atoms with Gasteiger partial charge in [0, 0.05) is 17.8 Å². The highest BCUT2D eigenvalue weighted by Crippen LogP contribution is 2.21. The standard InChI is InChI=1S/C15H24F3N3/c1-10(2)9-19-8-6-13-11(3)20-14(21-12(13)4)5-7-15(16,17)18/h10,19H,5-9H2,1-4H3. The lowest BCUT2D eigenvalue weighted by molar-refractivity contribution is -0.134. The predicted octanol–water partition coefficient (Wildman–Crippen LogP) is 3.38. The van der Waals surface area contributed by atoms with Crippen molar-refractivity contribution < 1.29 is 13.2 Å². The van der Waals surface area contributed by atoms with Crippen LogP contribution in [0.15, 0.2) is 0 Å². The molecular weight excluding hydrogens is 279 g/mol. The van der Waals surface area contributed by atoms with Crippen LogP contribution in [0.25, 0.3) is 0 Å². The van der Waals surface area contributed by atoms with E-state index in [2.05, 4.69) is 29.1 Å². The van der Waals surface area contributed by atoms with Gasteiger partial charge in [0.1, 0.15) is 5.82 Å². The summed E-state index contributed by atoms with van der Waals surface area (Å²) in [6.07, 6.45) is -4.40. The first-order valence-electron chi connectivity index (χ1n) is 7.29. The Kier molecular flexibility index (Phi) is 6.58. The van der Waals surface area contributed by atoms with E-state index in [1.54, 1.807) is 0 Å². The Hall–Kier alpha value is -1.17. The highest BCUT2D eigenvalue weighted by Gasteiger charge is 2.27. The molecule has 0 amide bonds. The van der Waals surface area contributed by atoms with Crippen LogP contribution in [0.2, 0.25) is 0 Å². The van der Waals surface area contributed by atoms with Crippen LogP contribution in [0.1, 0.15) is 43.0 Å². The molecule has 120 valence electrons. The normalized spacial score (nSPS) is 12.2. The highest BCUT2D eigenvalue weighted by atomic mass is 19.4. The molecule has 0 aliphatic heterocycles. The van der Waals surface area contributed by atoms with Gasteiger partial charge >= 0.3 is 6.18 Å². The van der Waals surface area contributed by atoms with E-state index in [4.69, 9.17) is 0 Å². The maximum absolute atomic E-state index is 12.2. The Morgan fingerprint density at radius 3 is 2.10 bits per heavy atom. The Bertz CT molecular complexity index is 433. The van der Waals surface area contributed by atoms with E-state index in [0.717, 1.165) is 36.5 Å². The van der Waals surface area contributed by atoms with E-state index in [0.29, 0.717) is 5.92 Å². The molecule has 3 nitrogen and oxygen atoms in total. The van der Waals surface area contributed by atoms with Crippen molar-refractivity contribution in [1.29, 1.82) is 0 Å². The average molecular weight is 303 g/mol. The number of hydrogen-bond donors (Lipinski definition) is 1. The predicted molar refractivity (Wildman–Crippen MR) is 77.3 cm³/mol. The molecule has 0 radical (unpaired) electrons. The van der Waals surface area contributed by atoms with Crippen molar-refractivity contribution in [2.45, 2.75) is 53.1 Å². The maximum Gasteiger partial charge on any atom is 0.389 e. The number of hydrogen-bond acceptors (Lipinski definition) is 3. The van der Waals surface area contributed by atoms with Crippen molar-refractivity contribution in [3.05, 3.63) is 22.8 Å². The van der Waals surface area contributed by atoms with Crippen molar-refractivity contribution in [1.82, 2.24) is 15.3 Å². The molecule has 1 N–H and O–H groups in total. The fourth-order valence-corrected chi connectivity index (χ4v) is 2.14. The van der Waals surface area contributed by atoms with Crippen molar-refractivity contribution in [2.75, 3.05) is 13.1 Å². The number of aryl methyl sites for hydroxylation is 3. The second-order valence-corrected chi connectivity index (χ2v) is 5.75. The average Bonchev–Trinajstić information content (AvgIpc) is 2.33. The second-order valence-electron chi connectivity index (χ2n) is 5.75. The number of nitrogens with one attached hydrogen (secondary N) is 1. The largest absolute Gasteiger partial charge is 0.389 e. The van der Waals surface area contributed by atoms with Crippen LogP contribution < -0.4 is 5.32 Å². The Balaban J connectivity index is 2.63. The summed E-state index contributed by atoms with van der Waals surface area (Å²) in [4.78, 5) is 8.42. The Morgan fingerprint density at radius 2 is 1.62 bits per heavy atom. The zero-order chi connectivity index (χ0) is 16.0. The number of alkyl halides is 3. The molecule has 1 rings (SSSR count). The van der Waals surface area contributed by atoms with Gasteiger partial charge in [-0.3, -0.25) is 0 Å². The van der Waals surface area contributed by atoms with Crippen LogP contribution in [0.5, 0.6) is 0 Å². The van der Waals surface area contributed by atoms with Crippen LogP contribution in [-0.2, 0) is 12.8 Å². The van der Waals surface area contributed by atoms with E-state index in [1.807, 2.05) is 13.8 Å². The molecule has 1 heterocycles. The lowest BCUT2D eigenvalue weighted by Crippen LogP contribution is -2.23. The summed E-state index contributed by atoms with van der Waals surface area (Å²) in [5.74, 6) is 0.870. The molecule has 0 unspecified atom stereocenters. The molecule has 0 saturated heterocycles. The van der Waals surface area contributed by atoms with Gasteiger partial charge in [-0.1, -0.05) is 13.8 Å². The summed E-state index contributed by atoms with van der Waals surface area (Å²) in [6.45, 7) is 9.73. The molecule has 0 bridgehead atoms. The van der Waals surface area contributed by atoms with Gasteiger partial charge in [-0.25, -0.2) is 9.97 Å². The van der Waals surface area contributed by atoms with Gasteiger partial charge in [-0.15, -0.1) is 0 Å². The van der Waals surface area contributed by atoms with Crippen molar-refractivity contribution >= 4 is 0 Å². The minimum atomic E-state index is -4.16. The Labute approximate surface area is 124 Å². The molecule has 1 aromatic rings. The first-order chi connectivity index (χ1) is 9.69. The lowest BCUT2D eigenvalue weighted by atomic mass is 10.1. The van der Waals surface area contributed by atoms with E-state index in [1.165, 1.54) is 0 Å². The molecular formula is C15H24F3N3. The van der Waals surface area contributed by atoms with E-state index in [-0.39, 0.29) is 12.2 Å². The number of aromatic nitrogens is 2. The molecule has 1 aromatic heterocycles. The molecule has 0 spiro atoms. The molecule has 0 aromatic carbocycles. The smallest absolute Gasteiger partial charge is 0.316 e. The van der Waals surface area contributed by atoms with Crippen LogP contribution in [0, 0.1) is 19.8 Å². The number of rotatable bonds is 7. The number of nitrogens with zero attached hydrogens (tertiary/aromatic N) is 2. The summed E-state index contributed by atoms with van der Waals surface area (Å²) in [5, 5.41) is 3.34. The van der Waals surface area contributed by atoms with Gasteiger partial charge < -0.3 is 5.32 Å². The van der Waals surface area contributed by atoms with E-state index in [9.17, 15) is 13.2 Å². The molecule has 0 fully saturated rings. The zero-order valence-electron chi connectivity index (χ0n) is 13.1. The van der Waals surface area contributed by atoms with Crippen LogP contribution in [0.3, 0.4) is 0 Å². The summed E-state index contributed by atoms with van der Waals surface area (Å²) in [6, 6.07) is 0. The van der Waals surface area contributed by atoms with Crippen molar-refractivity contribution in [3.8, 4) is 0 Å². The van der Waals surface area contributed by atoms with Crippen molar-refractivity contribution in [2.24, 2.45) is 5.92 Å². The molecule has 0 atom stereocenters. The van der Waals surface area contributed by atoms with Gasteiger partial charge in [0.25, 0.3) is 0 Å². The van der Waals surface area contributed by atoms with Gasteiger partial charge in [0.2, 0.25) is 0 Å². The topological polar surface area (TPSA) is 37.8 Å². The van der Waals surface area contributed by atoms with Crippen LogP contribution in [-0.4, -0.2) is 29.2 Å². The van der Waals surface area contributed by atoms with Crippen LogP contribution >= 0.6 is 0 Å². The van der Waals surface area contributed by atoms with Gasteiger partial charge in [0.15, 0.2) is 0 Å². The van der Waals surface area contributed by atoms with Crippen LogP contribution in [0.4, 0.5) is 13.2 Å². The monoisotopic (exact) mass is 303 g/mol.